The quantitative estimate of drug-likeness (QED) is 0.520. The highest BCUT2D eigenvalue weighted by atomic mass is 16.3. The highest BCUT2D eigenvalue weighted by molar-refractivity contribution is 5.38. The predicted octanol–water partition coefficient (Wildman–Crippen LogP) is 5.70. The van der Waals surface area contributed by atoms with Crippen LogP contribution in [0.5, 0.6) is 0 Å². The normalized spacial score (nSPS) is 38.8. The zero-order chi connectivity index (χ0) is 22.1. The molecule has 6 atom stereocenters. The fourth-order valence-corrected chi connectivity index (χ4v) is 6.74. The van der Waals surface area contributed by atoms with Crippen molar-refractivity contribution < 1.29 is 15.3 Å². The molecule has 3 heteroatoms. The van der Waals surface area contributed by atoms with Crippen LogP contribution in [-0.2, 0) is 0 Å². The Hall–Kier alpha value is -0.900. The average Bonchev–Trinajstić information content (AvgIpc) is 3.00. The molecule has 0 saturated heterocycles. The van der Waals surface area contributed by atoms with Gasteiger partial charge in [0.05, 0.1) is 17.8 Å². The fourth-order valence-electron chi connectivity index (χ4n) is 6.74. The van der Waals surface area contributed by atoms with Gasteiger partial charge in [-0.1, -0.05) is 51.0 Å². The molecular formula is C27H44O3. The zero-order valence-corrected chi connectivity index (χ0v) is 19.7. The van der Waals surface area contributed by atoms with Crippen LogP contribution in [0.2, 0.25) is 0 Å². The van der Waals surface area contributed by atoms with Gasteiger partial charge < -0.3 is 15.3 Å². The number of hydrogen-bond donors (Lipinski definition) is 3. The van der Waals surface area contributed by atoms with Crippen molar-refractivity contribution in [1.29, 1.82) is 0 Å². The topological polar surface area (TPSA) is 60.7 Å². The minimum Gasteiger partial charge on any atom is -0.393 e. The van der Waals surface area contributed by atoms with Gasteiger partial charge in [-0.25, -0.2) is 0 Å². The Morgan fingerprint density at radius 2 is 1.97 bits per heavy atom. The zero-order valence-electron chi connectivity index (χ0n) is 19.7. The lowest BCUT2D eigenvalue weighted by molar-refractivity contribution is 0.0596. The Balaban J connectivity index is 1.70. The Kier molecular flexibility index (Phi) is 7.37. The van der Waals surface area contributed by atoms with E-state index in [1.54, 1.807) is 5.57 Å². The second-order valence-electron chi connectivity index (χ2n) is 11.3. The molecule has 3 N–H and O–H groups in total. The van der Waals surface area contributed by atoms with Crippen LogP contribution >= 0.6 is 0 Å². The van der Waals surface area contributed by atoms with Crippen LogP contribution in [0.25, 0.3) is 0 Å². The number of aliphatic hydroxyl groups is 3. The van der Waals surface area contributed by atoms with Crippen molar-refractivity contribution in [2.24, 2.45) is 23.2 Å². The van der Waals surface area contributed by atoms with Gasteiger partial charge in [-0.3, -0.25) is 0 Å². The number of fused-ring (bicyclic) bond motifs is 1. The molecule has 3 fully saturated rings. The maximum atomic E-state index is 10.1. The van der Waals surface area contributed by atoms with Crippen molar-refractivity contribution in [1.82, 2.24) is 0 Å². The van der Waals surface area contributed by atoms with E-state index in [-0.39, 0.29) is 0 Å². The molecule has 0 heterocycles. The third kappa shape index (κ3) is 5.29. The summed E-state index contributed by atoms with van der Waals surface area (Å²) in [7, 11) is 0. The first kappa shape index (κ1) is 23.8. The summed E-state index contributed by atoms with van der Waals surface area (Å²) < 4.78 is 0. The molecule has 3 nitrogen and oxygen atoms in total. The molecule has 0 aromatic rings. The van der Waals surface area contributed by atoms with Gasteiger partial charge in [0.1, 0.15) is 0 Å². The molecule has 3 rings (SSSR count). The molecule has 30 heavy (non-hydrogen) atoms. The van der Waals surface area contributed by atoms with Gasteiger partial charge in [-0.05, 0) is 93.1 Å². The summed E-state index contributed by atoms with van der Waals surface area (Å²) in [6, 6.07) is 0. The number of hydrogen-bond acceptors (Lipinski definition) is 3. The number of aliphatic hydroxyl groups excluding tert-OH is 2. The summed E-state index contributed by atoms with van der Waals surface area (Å²) >= 11 is 0. The Labute approximate surface area is 184 Å². The largest absolute Gasteiger partial charge is 0.393 e. The van der Waals surface area contributed by atoms with Gasteiger partial charge in [0.15, 0.2) is 0 Å². The maximum absolute atomic E-state index is 10.1. The highest BCUT2D eigenvalue weighted by Gasteiger charge is 2.50. The van der Waals surface area contributed by atoms with E-state index in [1.807, 2.05) is 13.8 Å². The van der Waals surface area contributed by atoms with Gasteiger partial charge in [0, 0.05) is 6.42 Å². The van der Waals surface area contributed by atoms with Crippen molar-refractivity contribution in [3.8, 4) is 0 Å². The van der Waals surface area contributed by atoms with Crippen LogP contribution in [0.1, 0.15) is 91.9 Å². The molecule has 0 aromatic heterocycles. The fraction of sp³-hybridized carbons (Fsp3) is 0.778. The summed E-state index contributed by atoms with van der Waals surface area (Å²) in [5.41, 5.74) is 3.17. The smallest absolute Gasteiger partial charge is 0.0811 e. The van der Waals surface area contributed by atoms with Gasteiger partial charge in [0.25, 0.3) is 0 Å². The summed E-state index contributed by atoms with van der Waals surface area (Å²) in [5, 5.41) is 30.2. The van der Waals surface area contributed by atoms with Crippen molar-refractivity contribution in [3.05, 3.63) is 35.5 Å². The van der Waals surface area contributed by atoms with E-state index in [2.05, 4.69) is 32.6 Å². The maximum Gasteiger partial charge on any atom is 0.0811 e. The van der Waals surface area contributed by atoms with Crippen molar-refractivity contribution in [2.75, 3.05) is 0 Å². The third-order valence-corrected chi connectivity index (χ3v) is 8.44. The average molecular weight is 417 g/mol. The van der Waals surface area contributed by atoms with E-state index in [0.717, 1.165) is 29.9 Å². The monoisotopic (exact) mass is 416 g/mol. The van der Waals surface area contributed by atoms with Gasteiger partial charge in [-0.15, -0.1) is 0 Å². The van der Waals surface area contributed by atoms with Crippen molar-refractivity contribution >= 4 is 0 Å². The SMILES string of the molecule is C=C1/C(=C\C=C2/CCCC3(C)C2CCC3[C@@H](C)CCCC(C)(C)O)C[C@H](O)CC1O. The second-order valence-corrected chi connectivity index (χ2v) is 11.3. The molecule has 0 bridgehead atoms. The van der Waals surface area contributed by atoms with Gasteiger partial charge >= 0.3 is 0 Å². The molecule has 170 valence electrons. The minimum atomic E-state index is -0.615. The lowest BCUT2D eigenvalue weighted by Crippen LogP contribution is -2.36. The molecular weight excluding hydrogens is 372 g/mol. The van der Waals surface area contributed by atoms with Crippen LogP contribution in [0.15, 0.2) is 35.5 Å². The van der Waals surface area contributed by atoms with Crippen LogP contribution in [-0.4, -0.2) is 33.1 Å². The number of allylic oxidation sites excluding steroid dienone is 3. The van der Waals surface area contributed by atoms with Crippen LogP contribution in [0.3, 0.4) is 0 Å². The lowest BCUT2D eigenvalue weighted by atomic mass is 9.60. The van der Waals surface area contributed by atoms with E-state index in [0.29, 0.717) is 30.1 Å². The van der Waals surface area contributed by atoms with E-state index < -0.39 is 17.8 Å². The molecule has 0 spiro atoms. The standard InChI is InChI=1S/C27H44O3/c1-18(8-6-14-26(3,4)30)23-12-13-24-20(9-7-15-27(23,24)5)10-11-21-16-22(28)17-25(29)19(21)2/h10-11,18,22-25,28-30H,2,6-9,12-17H2,1,3-5H3/b20-10+,21-11-/t18-,22-,23?,24?,25?,27?/m0/s1. The molecule has 3 aliphatic carbocycles. The first-order valence-corrected chi connectivity index (χ1v) is 12.2. The number of rotatable bonds is 6. The summed E-state index contributed by atoms with van der Waals surface area (Å²) in [6.07, 6.45) is 13.9. The van der Waals surface area contributed by atoms with Crippen molar-refractivity contribution in [3.63, 3.8) is 0 Å². The van der Waals surface area contributed by atoms with E-state index in [4.69, 9.17) is 0 Å². The summed E-state index contributed by atoms with van der Waals surface area (Å²) in [5.74, 6) is 2.11. The second kappa shape index (κ2) is 9.30. The minimum absolute atomic E-state index is 0.374. The molecule has 4 unspecified atom stereocenters. The molecule has 3 aliphatic rings. The molecule has 0 radical (unpaired) electrons. The Bertz CT molecular complexity index is 683. The van der Waals surface area contributed by atoms with E-state index in [9.17, 15) is 15.3 Å². The third-order valence-electron chi connectivity index (χ3n) is 8.44. The summed E-state index contributed by atoms with van der Waals surface area (Å²) in [4.78, 5) is 0. The first-order valence-electron chi connectivity index (χ1n) is 12.2. The lowest BCUT2D eigenvalue weighted by Gasteiger charge is -2.44. The van der Waals surface area contributed by atoms with Crippen molar-refractivity contribution in [2.45, 2.75) is 110 Å². The van der Waals surface area contributed by atoms with Crippen LogP contribution in [0, 0.1) is 23.2 Å². The molecule has 0 aromatic carbocycles. The molecule has 0 aliphatic heterocycles. The van der Waals surface area contributed by atoms with Gasteiger partial charge in [0.2, 0.25) is 0 Å². The molecule has 0 amide bonds. The van der Waals surface area contributed by atoms with E-state index in [1.165, 1.54) is 38.5 Å². The molecule has 3 saturated carbocycles. The van der Waals surface area contributed by atoms with Crippen LogP contribution < -0.4 is 0 Å². The Morgan fingerprint density at radius 3 is 2.67 bits per heavy atom. The highest BCUT2D eigenvalue weighted by Crippen LogP contribution is 2.60. The van der Waals surface area contributed by atoms with Gasteiger partial charge in [-0.2, -0.15) is 0 Å². The summed E-state index contributed by atoms with van der Waals surface area (Å²) in [6.45, 7) is 12.8. The Morgan fingerprint density at radius 1 is 1.23 bits per heavy atom. The van der Waals surface area contributed by atoms with E-state index >= 15 is 0 Å². The predicted molar refractivity (Wildman–Crippen MR) is 124 cm³/mol. The first-order chi connectivity index (χ1) is 14.0. The van der Waals surface area contributed by atoms with Crippen LogP contribution in [0.4, 0.5) is 0 Å².